The maximum absolute atomic E-state index is 12.5. The van der Waals surface area contributed by atoms with Crippen LogP contribution in [0.1, 0.15) is 30.1 Å². The highest BCUT2D eigenvalue weighted by Crippen LogP contribution is 2.27. The molecule has 0 radical (unpaired) electrons. The Balaban J connectivity index is 2.24. The van der Waals surface area contributed by atoms with Crippen LogP contribution in [-0.2, 0) is 4.79 Å². The summed E-state index contributed by atoms with van der Waals surface area (Å²) in [7, 11) is 0. The normalized spacial score (nSPS) is 23.2. The zero-order chi connectivity index (χ0) is 14.0. The van der Waals surface area contributed by atoms with Crippen molar-refractivity contribution >= 4 is 27.8 Å². The van der Waals surface area contributed by atoms with Gasteiger partial charge in [-0.2, -0.15) is 0 Å². The Morgan fingerprint density at radius 2 is 2.26 bits per heavy atom. The van der Waals surface area contributed by atoms with Gasteiger partial charge in [0.15, 0.2) is 0 Å². The summed E-state index contributed by atoms with van der Waals surface area (Å²) < 4.78 is 0.629. The summed E-state index contributed by atoms with van der Waals surface area (Å²) in [6, 6.07) is 1.35. The van der Waals surface area contributed by atoms with Gasteiger partial charge in [-0.1, -0.05) is 0 Å². The molecule has 1 N–H and O–H groups in total. The largest absolute Gasteiger partial charge is 0.481 e. The average molecular weight is 327 g/mol. The van der Waals surface area contributed by atoms with Crippen LogP contribution in [0.5, 0.6) is 0 Å². The van der Waals surface area contributed by atoms with Gasteiger partial charge in [-0.3, -0.25) is 14.6 Å². The molecule has 1 fully saturated rings. The molecule has 19 heavy (non-hydrogen) atoms. The fourth-order valence-corrected chi connectivity index (χ4v) is 2.88. The Kier molecular flexibility index (Phi) is 4.19. The molecule has 1 amide bonds. The lowest BCUT2D eigenvalue weighted by atomic mass is 9.90. The molecular weight excluding hydrogens is 312 g/mol. The highest BCUT2D eigenvalue weighted by molar-refractivity contribution is 9.10. The van der Waals surface area contributed by atoms with E-state index in [1.165, 1.54) is 0 Å². The predicted octanol–water partition coefficient (Wildman–Crippen LogP) is 2.17. The van der Waals surface area contributed by atoms with Crippen LogP contribution in [0.25, 0.3) is 0 Å². The number of carboxylic acid groups (broad SMARTS) is 1. The number of nitrogens with zero attached hydrogens (tertiary/aromatic N) is 2. The molecule has 5 nitrogen and oxygen atoms in total. The van der Waals surface area contributed by atoms with E-state index in [4.69, 9.17) is 0 Å². The van der Waals surface area contributed by atoms with Crippen LogP contribution in [0.4, 0.5) is 0 Å². The van der Waals surface area contributed by atoms with Crippen LogP contribution >= 0.6 is 15.9 Å². The second-order valence-electron chi connectivity index (χ2n) is 4.68. The van der Waals surface area contributed by atoms with E-state index in [-0.39, 0.29) is 11.9 Å². The van der Waals surface area contributed by atoms with Crippen molar-refractivity contribution in [3.05, 3.63) is 28.5 Å². The number of rotatable bonds is 2. The van der Waals surface area contributed by atoms with Gasteiger partial charge in [0.2, 0.25) is 0 Å². The first-order chi connectivity index (χ1) is 9.02. The van der Waals surface area contributed by atoms with E-state index in [9.17, 15) is 14.7 Å². The van der Waals surface area contributed by atoms with Gasteiger partial charge >= 0.3 is 5.97 Å². The Labute approximate surface area is 119 Å². The molecule has 0 aliphatic carbocycles. The fourth-order valence-electron chi connectivity index (χ4n) is 2.46. The monoisotopic (exact) mass is 326 g/mol. The van der Waals surface area contributed by atoms with Gasteiger partial charge in [-0.15, -0.1) is 0 Å². The van der Waals surface area contributed by atoms with Gasteiger partial charge in [-0.25, -0.2) is 0 Å². The third kappa shape index (κ3) is 2.78. The number of piperidine rings is 1. The molecule has 2 rings (SSSR count). The first-order valence-electron chi connectivity index (χ1n) is 6.15. The molecule has 2 heterocycles. The van der Waals surface area contributed by atoms with Crippen molar-refractivity contribution in [2.24, 2.45) is 5.92 Å². The van der Waals surface area contributed by atoms with Crippen LogP contribution in [0.15, 0.2) is 22.9 Å². The van der Waals surface area contributed by atoms with Gasteiger partial charge in [0.1, 0.15) is 0 Å². The molecule has 0 spiro atoms. The number of carboxylic acids is 1. The molecule has 1 aliphatic rings. The molecule has 0 unspecified atom stereocenters. The molecule has 2 atom stereocenters. The second kappa shape index (κ2) is 5.69. The van der Waals surface area contributed by atoms with E-state index >= 15 is 0 Å². The molecule has 0 bridgehead atoms. The third-order valence-corrected chi connectivity index (χ3v) is 4.20. The van der Waals surface area contributed by atoms with Crippen molar-refractivity contribution in [1.29, 1.82) is 0 Å². The van der Waals surface area contributed by atoms with E-state index < -0.39 is 11.9 Å². The minimum atomic E-state index is -0.834. The van der Waals surface area contributed by atoms with Crippen LogP contribution < -0.4 is 0 Å². The molecule has 0 saturated carbocycles. The number of halogens is 1. The lowest BCUT2D eigenvalue weighted by Crippen LogP contribution is -2.49. The van der Waals surface area contributed by atoms with Crippen LogP contribution in [0.3, 0.4) is 0 Å². The molecule has 1 saturated heterocycles. The number of carbonyl (C=O) groups excluding carboxylic acids is 1. The van der Waals surface area contributed by atoms with Gasteiger partial charge < -0.3 is 10.0 Å². The summed E-state index contributed by atoms with van der Waals surface area (Å²) in [5, 5.41) is 9.18. The van der Waals surface area contributed by atoms with Crippen molar-refractivity contribution in [1.82, 2.24) is 9.88 Å². The summed E-state index contributed by atoms with van der Waals surface area (Å²) in [5.74, 6) is -1.47. The summed E-state index contributed by atoms with van der Waals surface area (Å²) in [6.07, 6.45) is 4.46. The fraction of sp³-hybridized carbons (Fsp3) is 0.462. The first-order valence-corrected chi connectivity index (χ1v) is 6.95. The maximum Gasteiger partial charge on any atom is 0.308 e. The Morgan fingerprint density at radius 3 is 2.89 bits per heavy atom. The second-order valence-corrected chi connectivity index (χ2v) is 5.54. The van der Waals surface area contributed by atoms with Crippen LogP contribution in [-0.4, -0.2) is 39.5 Å². The van der Waals surface area contributed by atoms with Crippen molar-refractivity contribution in [2.45, 2.75) is 25.8 Å². The zero-order valence-electron chi connectivity index (χ0n) is 10.5. The predicted molar refractivity (Wildman–Crippen MR) is 72.8 cm³/mol. The SMILES string of the molecule is C[C@@H]1[C@H](C(=O)O)CCCN1C(=O)c1ccncc1Br. The van der Waals surface area contributed by atoms with E-state index in [1.54, 1.807) is 30.3 Å². The number of likely N-dealkylation sites (tertiary alicyclic amines) is 1. The Morgan fingerprint density at radius 1 is 1.53 bits per heavy atom. The van der Waals surface area contributed by atoms with Crippen LogP contribution in [0, 0.1) is 5.92 Å². The molecular formula is C13H15BrN2O3. The van der Waals surface area contributed by atoms with Crippen molar-refractivity contribution in [3.8, 4) is 0 Å². The molecule has 6 heteroatoms. The number of hydrogen-bond acceptors (Lipinski definition) is 3. The Bertz CT molecular complexity index is 506. The summed E-state index contributed by atoms with van der Waals surface area (Å²) in [5.41, 5.74) is 0.521. The summed E-state index contributed by atoms with van der Waals surface area (Å²) in [4.78, 5) is 29.2. The Hall–Kier alpha value is -1.43. The highest BCUT2D eigenvalue weighted by atomic mass is 79.9. The van der Waals surface area contributed by atoms with Crippen LogP contribution in [0.2, 0.25) is 0 Å². The van der Waals surface area contributed by atoms with E-state index in [1.807, 2.05) is 0 Å². The number of aromatic nitrogens is 1. The van der Waals surface area contributed by atoms with E-state index in [0.717, 1.165) is 6.42 Å². The third-order valence-electron chi connectivity index (χ3n) is 3.57. The number of amides is 1. The zero-order valence-corrected chi connectivity index (χ0v) is 12.1. The van der Waals surface area contributed by atoms with E-state index in [2.05, 4.69) is 20.9 Å². The summed E-state index contributed by atoms with van der Waals surface area (Å²) in [6.45, 7) is 2.39. The summed E-state index contributed by atoms with van der Waals surface area (Å²) >= 11 is 3.30. The minimum absolute atomic E-state index is 0.146. The van der Waals surface area contributed by atoms with Gasteiger partial charge in [0.05, 0.1) is 11.5 Å². The minimum Gasteiger partial charge on any atom is -0.481 e. The molecule has 1 aliphatic heterocycles. The number of hydrogen-bond donors (Lipinski definition) is 1. The highest BCUT2D eigenvalue weighted by Gasteiger charge is 2.35. The lowest BCUT2D eigenvalue weighted by Gasteiger charge is -2.37. The lowest BCUT2D eigenvalue weighted by molar-refractivity contribution is -0.144. The molecule has 0 aromatic carbocycles. The molecule has 102 valence electrons. The topological polar surface area (TPSA) is 70.5 Å². The molecule has 1 aromatic heterocycles. The van der Waals surface area contributed by atoms with Gasteiger partial charge in [0.25, 0.3) is 5.91 Å². The number of carbonyl (C=O) groups is 2. The first kappa shape index (κ1) is 14.0. The smallest absolute Gasteiger partial charge is 0.308 e. The maximum atomic E-state index is 12.5. The number of pyridine rings is 1. The van der Waals surface area contributed by atoms with Gasteiger partial charge in [-0.05, 0) is 41.8 Å². The average Bonchev–Trinajstić information content (AvgIpc) is 2.38. The van der Waals surface area contributed by atoms with Crippen molar-refractivity contribution in [3.63, 3.8) is 0 Å². The van der Waals surface area contributed by atoms with Crippen molar-refractivity contribution < 1.29 is 14.7 Å². The standard InChI is InChI=1S/C13H15BrN2O3/c1-8-9(13(18)19)3-2-6-16(8)12(17)10-4-5-15-7-11(10)14/h4-5,7-9H,2-3,6H2,1H3,(H,18,19)/t8-,9-/m1/s1. The quantitative estimate of drug-likeness (QED) is 0.904. The molecule has 1 aromatic rings. The van der Waals surface area contributed by atoms with Gasteiger partial charge in [0, 0.05) is 29.5 Å². The van der Waals surface area contributed by atoms with E-state index in [0.29, 0.717) is 23.0 Å². The number of aliphatic carboxylic acids is 1. The van der Waals surface area contributed by atoms with Crippen molar-refractivity contribution in [2.75, 3.05) is 6.54 Å².